The van der Waals surface area contributed by atoms with E-state index >= 15 is 0 Å². The molecule has 0 aromatic carbocycles. The molecular formula is C24H23F3N8O. The van der Waals surface area contributed by atoms with Gasteiger partial charge in [0.05, 0.1) is 23.5 Å². The first-order valence-corrected chi connectivity index (χ1v) is 11.5. The van der Waals surface area contributed by atoms with Gasteiger partial charge in [0.25, 0.3) is 0 Å². The fourth-order valence-electron chi connectivity index (χ4n) is 4.48. The van der Waals surface area contributed by atoms with Gasteiger partial charge in [0.1, 0.15) is 34.7 Å². The van der Waals surface area contributed by atoms with E-state index < -0.39 is 17.8 Å². The molecule has 1 aliphatic heterocycles. The highest BCUT2D eigenvalue weighted by molar-refractivity contribution is 5.74. The van der Waals surface area contributed by atoms with Gasteiger partial charge < -0.3 is 10.1 Å². The summed E-state index contributed by atoms with van der Waals surface area (Å²) >= 11 is 0. The number of hydrogen-bond donors (Lipinski definition) is 1. The zero-order valence-electron chi connectivity index (χ0n) is 19.6. The fraction of sp³-hybridized carbons (Fsp3) is 0.375. The molecule has 1 aliphatic rings. The van der Waals surface area contributed by atoms with Crippen molar-refractivity contribution in [3.05, 3.63) is 59.3 Å². The van der Waals surface area contributed by atoms with Gasteiger partial charge >= 0.3 is 6.18 Å². The normalized spacial score (nSPS) is 15.7. The van der Waals surface area contributed by atoms with Gasteiger partial charge in [0.2, 0.25) is 0 Å². The first kappa shape index (κ1) is 23.7. The van der Waals surface area contributed by atoms with Crippen LogP contribution in [0.4, 0.5) is 13.2 Å². The summed E-state index contributed by atoms with van der Waals surface area (Å²) in [5, 5.41) is 26.0. The van der Waals surface area contributed by atoms with Crippen molar-refractivity contribution in [2.75, 3.05) is 13.1 Å². The monoisotopic (exact) mass is 496 g/mol. The summed E-state index contributed by atoms with van der Waals surface area (Å²) < 4.78 is 49.1. The molecule has 1 N–H and O–H groups in total. The molecule has 0 aliphatic carbocycles. The van der Waals surface area contributed by atoms with Crippen LogP contribution >= 0.6 is 0 Å². The number of rotatable bonds is 5. The lowest BCUT2D eigenvalue weighted by atomic mass is 10.1. The number of ether oxygens (including phenoxy) is 1. The summed E-state index contributed by atoms with van der Waals surface area (Å²) in [6, 6.07) is 5.06. The van der Waals surface area contributed by atoms with E-state index in [1.54, 1.807) is 19.2 Å². The molecule has 5 rings (SSSR count). The molecule has 186 valence electrons. The molecule has 0 spiro atoms. The van der Waals surface area contributed by atoms with Crippen molar-refractivity contribution >= 4 is 5.52 Å². The molecule has 1 unspecified atom stereocenters. The number of fused-ring (bicyclic) bond motifs is 1. The summed E-state index contributed by atoms with van der Waals surface area (Å²) in [6.07, 6.45) is 1.85. The highest BCUT2D eigenvalue weighted by atomic mass is 19.4. The lowest BCUT2D eigenvalue weighted by Gasteiger charge is -2.23. The van der Waals surface area contributed by atoms with Crippen LogP contribution in [0.1, 0.15) is 54.3 Å². The number of alkyl halides is 3. The molecule has 5 heterocycles. The lowest BCUT2D eigenvalue weighted by Crippen LogP contribution is -2.30. The largest absolute Gasteiger partial charge is 0.484 e. The van der Waals surface area contributed by atoms with Gasteiger partial charge in [-0.05, 0) is 51.9 Å². The average Bonchev–Trinajstić information content (AvgIpc) is 3.47. The molecule has 0 radical (unpaired) electrons. The topological polar surface area (TPSA) is 106 Å². The molecule has 9 nitrogen and oxygen atoms in total. The van der Waals surface area contributed by atoms with Crippen LogP contribution in [0, 0.1) is 18.3 Å². The Morgan fingerprint density at radius 3 is 2.69 bits per heavy atom. The molecule has 36 heavy (non-hydrogen) atoms. The number of piperidine rings is 1. The van der Waals surface area contributed by atoms with E-state index in [0.717, 1.165) is 43.9 Å². The third-order valence-electron chi connectivity index (χ3n) is 6.41. The number of nitrogens with one attached hydrogen (secondary N) is 1. The second kappa shape index (κ2) is 9.23. The molecule has 0 saturated carbocycles. The molecule has 0 bridgehead atoms. The number of pyridine rings is 2. The van der Waals surface area contributed by atoms with E-state index in [1.807, 2.05) is 11.6 Å². The maximum absolute atomic E-state index is 13.2. The lowest BCUT2D eigenvalue weighted by molar-refractivity contribution is -0.137. The number of aromatic nitrogens is 6. The summed E-state index contributed by atoms with van der Waals surface area (Å²) in [5.74, 6) is 0.294. The summed E-state index contributed by atoms with van der Waals surface area (Å²) in [6.45, 7) is 5.40. The van der Waals surface area contributed by atoms with E-state index in [2.05, 4.69) is 31.8 Å². The minimum Gasteiger partial charge on any atom is -0.484 e. The molecule has 1 saturated heterocycles. The van der Waals surface area contributed by atoms with Gasteiger partial charge in [-0.15, -0.1) is 5.10 Å². The first-order valence-electron chi connectivity index (χ1n) is 11.5. The van der Waals surface area contributed by atoms with Crippen molar-refractivity contribution in [2.45, 2.75) is 45.0 Å². The van der Waals surface area contributed by atoms with Gasteiger partial charge in [0.15, 0.2) is 0 Å². The van der Waals surface area contributed by atoms with Crippen LogP contribution in [-0.2, 0) is 6.18 Å². The molecule has 4 aromatic heterocycles. The second-order valence-corrected chi connectivity index (χ2v) is 8.77. The van der Waals surface area contributed by atoms with Gasteiger partial charge in [0, 0.05) is 29.7 Å². The first-order chi connectivity index (χ1) is 17.3. The molecule has 4 aromatic rings. The summed E-state index contributed by atoms with van der Waals surface area (Å²) in [4.78, 5) is 3.73. The Morgan fingerprint density at radius 2 is 1.97 bits per heavy atom. The Labute approximate surface area is 204 Å². The van der Waals surface area contributed by atoms with Crippen LogP contribution in [0.3, 0.4) is 0 Å². The van der Waals surface area contributed by atoms with Crippen LogP contribution in [0.15, 0.2) is 36.9 Å². The second-order valence-electron chi connectivity index (χ2n) is 8.77. The zero-order valence-corrected chi connectivity index (χ0v) is 19.6. The van der Waals surface area contributed by atoms with Crippen molar-refractivity contribution in [1.29, 1.82) is 5.26 Å². The average molecular weight is 496 g/mol. The summed E-state index contributed by atoms with van der Waals surface area (Å²) in [7, 11) is 0. The third-order valence-corrected chi connectivity index (χ3v) is 6.41. The summed E-state index contributed by atoms with van der Waals surface area (Å²) in [5.41, 5.74) is 2.27. The van der Waals surface area contributed by atoms with E-state index in [0.29, 0.717) is 22.5 Å². The standard InChI is InChI=1S/C24H23F3N8O/c1-14-22(32-33-35(14)20-3-5-29-6-4-20)17-8-21(23-18(9-28)11-31-34(23)13-17)36-15(2)16-7-19(12-30-10-16)24(25,26)27/h7-8,10-13,15,20,29H,3-6H2,1-2H3. The molecular weight excluding hydrogens is 473 g/mol. The number of nitriles is 1. The van der Waals surface area contributed by atoms with Crippen molar-refractivity contribution in [3.8, 4) is 23.1 Å². The van der Waals surface area contributed by atoms with E-state index in [-0.39, 0.29) is 17.2 Å². The quantitative estimate of drug-likeness (QED) is 0.440. The van der Waals surface area contributed by atoms with Crippen LogP contribution < -0.4 is 10.1 Å². The van der Waals surface area contributed by atoms with Crippen LogP contribution in [0.2, 0.25) is 0 Å². The maximum atomic E-state index is 13.2. The molecule has 0 amide bonds. The third kappa shape index (κ3) is 4.37. The molecule has 1 atom stereocenters. The smallest absolute Gasteiger partial charge is 0.417 e. The number of hydrogen-bond acceptors (Lipinski definition) is 7. The van der Waals surface area contributed by atoms with Crippen molar-refractivity contribution < 1.29 is 17.9 Å². The van der Waals surface area contributed by atoms with Gasteiger partial charge in [-0.3, -0.25) is 4.98 Å². The molecule has 12 heteroatoms. The highest BCUT2D eigenvalue weighted by Crippen LogP contribution is 2.35. The minimum absolute atomic E-state index is 0.246. The van der Waals surface area contributed by atoms with E-state index in [4.69, 9.17) is 4.74 Å². The number of halogens is 3. The SMILES string of the molecule is Cc1c(-c2cc(OC(C)c3cncc(C(F)(F)F)c3)c3c(C#N)cnn3c2)nnn1C1CCNCC1. The van der Waals surface area contributed by atoms with Crippen LogP contribution in [-0.4, -0.2) is 42.7 Å². The van der Waals surface area contributed by atoms with Crippen LogP contribution in [0.5, 0.6) is 5.75 Å². The highest BCUT2D eigenvalue weighted by Gasteiger charge is 2.31. The van der Waals surface area contributed by atoms with E-state index in [9.17, 15) is 18.4 Å². The maximum Gasteiger partial charge on any atom is 0.417 e. The van der Waals surface area contributed by atoms with Crippen molar-refractivity contribution in [3.63, 3.8) is 0 Å². The zero-order chi connectivity index (χ0) is 25.4. The Hall–Kier alpha value is -3.98. The van der Waals surface area contributed by atoms with Gasteiger partial charge in [-0.1, -0.05) is 5.21 Å². The Bertz CT molecular complexity index is 1450. The van der Waals surface area contributed by atoms with Gasteiger partial charge in [-0.25, -0.2) is 9.20 Å². The fourth-order valence-corrected chi connectivity index (χ4v) is 4.48. The Kier molecular flexibility index (Phi) is 6.09. The predicted molar refractivity (Wildman–Crippen MR) is 123 cm³/mol. The van der Waals surface area contributed by atoms with Gasteiger partial charge in [-0.2, -0.15) is 23.5 Å². The Balaban J connectivity index is 1.54. The Morgan fingerprint density at radius 1 is 1.19 bits per heavy atom. The van der Waals surface area contributed by atoms with Crippen molar-refractivity contribution in [2.24, 2.45) is 0 Å². The van der Waals surface area contributed by atoms with E-state index in [1.165, 1.54) is 16.9 Å². The molecule has 1 fully saturated rings. The number of nitrogens with zero attached hydrogens (tertiary/aromatic N) is 7. The predicted octanol–water partition coefficient (Wildman–Crippen LogP) is 4.25. The van der Waals surface area contributed by atoms with Crippen molar-refractivity contribution in [1.82, 2.24) is 34.9 Å². The van der Waals surface area contributed by atoms with Crippen LogP contribution in [0.25, 0.3) is 16.8 Å². The minimum atomic E-state index is -4.52.